The normalized spacial score (nSPS) is 17.3. The molecule has 0 saturated carbocycles. The standard InChI is InChI=1S/C25H30N2O2/c1-25(2,3)20-11-7-17(8-12-20)22-23(18-9-13-21(28-4)14-10-18)29-24(27-22)19-6-5-15-26-16-19/h7-14,19,26H,5-6,15-16H2,1-4H3. The minimum absolute atomic E-state index is 0.125. The number of nitrogens with zero attached hydrogens (tertiary/aromatic N) is 1. The molecule has 1 unspecified atom stereocenters. The number of piperidine rings is 1. The van der Waals surface area contributed by atoms with Crippen LogP contribution in [0.1, 0.15) is 51.0 Å². The van der Waals surface area contributed by atoms with Crippen molar-refractivity contribution in [1.29, 1.82) is 0 Å². The zero-order valence-corrected chi connectivity index (χ0v) is 17.8. The Bertz CT molecular complexity index is 944. The molecule has 0 radical (unpaired) electrons. The van der Waals surface area contributed by atoms with Crippen LogP contribution in [0.25, 0.3) is 22.6 Å². The molecule has 3 aromatic rings. The molecule has 1 N–H and O–H groups in total. The first-order valence-electron chi connectivity index (χ1n) is 10.4. The minimum atomic E-state index is 0.125. The molecule has 152 valence electrons. The van der Waals surface area contributed by atoms with Crippen molar-refractivity contribution < 1.29 is 9.15 Å². The third-order valence-corrected chi connectivity index (χ3v) is 5.67. The molecule has 1 atom stereocenters. The van der Waals surface area contributed by atoms with Gasteiger partial charge in [0.15, 0.2) is 11.7 Å². The van der Waals surface area contributed by atoms with Crippen LogP contribution in [0, 0.1) is 0 Å². The maximum Gasteiger partial charge on any atom is 0.199 e. The van der Waals surface area contributed by atoms with Crippen molar-refractivity contribution in [3.63, 3.8) is 0 Å². The number of ether oxygens (including phenoxy) is 1. The molecule has 1 fully saturated rings. The lowest BCUT2D eigenvalue weighted by atomic mass is 9.86. The van der Waals surface area contributed by atoms with E-state index in [4.69, 9.17) is 14.1 Å². The number of oxazole rings is 1. The van der Waals surface area contributed by atoms with Crippen molar-refractivity contribution in [2.24, 2.45) is 0 Å². The third-order valence-electron chi connectivity index (χ3n) is 5.67. The average molecular weight is 391 g/mol. The summed E-state index contributed by atoms with van der Waals surface area (Å²) < 4.78 is 11.7. The molecule has 4 rings (SSSR count). The Hall–Kier alpha value is -2.59. The van der Waals surface area contributed by atoms with Crippen LogP contribution in [0.2, 0.25) is 0 Å². The molecule has 2 aromatic carbocycles. The van der Waals surface area contributed by atoms with Crippen LogP contribution in [-0.2, 0) is 5.41 Å². The van der Waals surface area contributed by atoms with Gasteiger partial charge in [-0.05, 0) is 54.6 Å². The van der Waals surface area contributed by atoms with Crippen LogP contribution in [0.5, 0.6) is 5.75 Å². The van der Waals surface area contributed by atoms with E-state index in [9.17, 15) is 0 Å². The lowest BCUT2D eigenvalue weighted by molar-refractivity contribution is 0.380. The molecule has 1 aliphatic rings. The van der Waals surface area contributed by atoms with E-state index in [1.54, 1.807) is 7.11 Å². The van der Waals surface area contributed by atoms with E-state index in [1.807, 2.05) is 24.3 Å². The molecule has 29 heavy (non-hydrogen) atoms. The van der Waals surface area contributed by atoms with Gasteiger partial charge in [-0.25, -0.2) is 4.98 Å². The molecule has 4 nitrogen and oxygen atoms in total. The smallest absolute Gasteiger partial charge is 0.199 e. The molecular weight excluding hydrogens is 360 g/mol. The van der Waals surface area contributed by atoms with E-state index in [0.29, 0.717) is 5.92 Å². The van der Waals surface area contributed by atoms with Crippen LogP contribution >= 0.6 is 0 Å². The van der Waals surface area contributed by atoms with Crippen LogP contribution in [-0.4, -0.2) is 25.2 Å². The van der Waals surface area contributed by atoms with Gasteiger partial charge in [-0.3, -0.25) is 0 Å². The summed E-state index contributed by atoms with van der Waals surface area (Å²) >= 11 is 0. The van der Waals surface area contributed by atoms with E-state index in [-0.39, 0.29) is 5.41 Å². The predicted octanol–water partition coefficient (Wildman–Crippen LogP) is 5.78. The van der Waals surface area contributed by atoms with Crippen molar-refractivity contribution in [2.75, 3.05) is 20.2 Å². The van der Waals surface area contributed by atoms with Gasteiger partial charge in [0.05, 0.1) is 7.11 Å². The number of rotatable bonds is 4. The number of hydrogen-bond donors (Lipinski definition) is 1. The Morgan fingerprint density at radius 2 is 1.69 bits per heavy atom. The zero-order chi connectivity index (χ0) is 20.4. The summed E-state index contributed by atoms with van der Waals surface area (Å²) in [5.74, 6) is 2.82. The molecule has 0 bridgehead atoms. The Kier molecular flexibility index (Phi) is 5.46. The zero-order valence-electron chi connectivity index (χ0n) is 17.8. The molecule has 1 aliphatic heterocycles. The Morgan fingerprint density at radius 3 is 2.28 bits per heavy atom. The van der Waals surface area contributed by atoms with Gasteiger partial charge < -0.3 is 14.5 Å². The van der Waals surface area contributed by atoms with Crippen molar-refractivity contribution in [3.05, 3.63) is 60.0 Å². The number of hydrogen-bond acceptors (Lipinski definition) is 4. The van der Waals surface area contributed by atoms with Gasteiger partial charge >= 0.3 is 0 Å². The monoisotopic (exact) mass is 390 g/mol. The third kappa shape index (κ3) is 4.23. The first-order valence-corrected chi connectivity index (χ1v) is 10.4. The number of benzene rings is 2. The Balaban J connectivity index is 1.76. The summed E-state index contributed by atoms with van der Waals surface area (Å²) in [6, 6.07) is 16.7. The van der Waals surface area contributed by atoms with Gasteiger partial charge in [0.25, 0.3) is 0 Å². The van der Waals surface area contributed by atoms with Crippen LogP contribution in [0.3, 0.4) is 0 Å². The fourth-order valence-corrected chi connectivity index (χ4v) is 3.84. The SMILES string of the molecule is COc1ccc(-c2oc(C3CCCNC3)nc2-c2ccc(C(C)(C)C)cc2)cc1. The number of methoxy groups -OCH3 is 1. The summed E-state index contributed by atoms with van der Waals surface area (Å²) in [5.41, 5.74) is 4.45. The summed E-state index contributed by atoms with van der Waals surface area (Å²) in [7, 11) is 1.68. The molecular formula is C25H30N2O2. The van der Waals surface area contributed by atoms with Gasteiger partial charge in [-0.2, -0.15) is 0 Å². The largest absolute Gasteiger partial charge is 0.497 e. The first kappa shape index (κ1) is 19.7. The predicted molar refractivity (Wildman–Crippen MR) is 117 cm³/mol. The van der Waals surface area contributed by atoms with E-state index in [0.717, 1.165) is 60.2 Å². The summed E-state index contributed by atoms with van der Waals surface area (Å²) in [4.78, 5) is 4.98. The topological polar surface area (TPSA) is 47.3 Å². The van der Waals surface area contributed by atoms with Gasteiger partial charge in [0.1, 0.15) is 11.4 Å². The molecule has 1 aromatic heterocycles. The molecule has 4 heteroatoms. The second kappa shape index (κ2) is 8.03. The fourth-order valence-electron chi connectivity index (χ4n) is 3.84. The maximum absolute atomic E-state index is 6.37. The molecule has 2 heterocycles. The first-order chi connectivity index (χ1) is 14.0. The van der Waals surface area contributed by atoms with Crippen molar-refractivity contribution in [3.8, 4) is 28.3 Å². The summed E-state index contributed by atoms with van der Waals surface area (Å²) in [6.07, 6.45) is 2.26. The minimum Gasteiger partial charge on any atom is -0.497 e. The highest BCUT2D eigenvalue weighted by Crippen LogP contribution is 2.37. The van der Waals surface area contributed by atoms with Gasteiger partial charge in [-0.1, -0.05) is 45.0 Å². The molecule has 0 aliphatic carbocycles. The van der Waals surface area contributed by atoms with Gasteiger partial charge in [-0.15, -0.1) is 0 Å². The van der Waals surface area contributed by atoms with Crippen LogP contribution in [0.15, 0.2) is 52.9 Å². The second-order valence-corrected chi connectivity index (χ2v) is 8.83. The van der Waals surface area contributed by atoms with Crippen molar-refractivity contribution >= 4 is 0 Å². The summed E-state index contributed by atoms with van der Waals surface area (Å²) in [5, 5.41) is 3.46. The lowest BCUT2D eigenvalue weighted by Gasteiger charge is -2.19. The molecule has 1 saturated heterocycles. The Labute approximate surface area is 173 Å². The van der Waals surface area contributed by atoms with Crippen molar-refractivity contribution in [2.45, 2.75) is 44.9 Å². The fraction of sp³-hybridized carbons (Fsp3) is 0.400. The van der Waals surface area contributed by atoms with E-state index >= 15 is 0 Å². The van der Waals surface area contributed by atoms with E-state index in [2.05, 4.69) is 50.4 Å². The highest BCUT2D eigenvalue weighted by Gasteiger charge is 2.25. The number of nitrogens with one attached hydrogen (secondary N) is 1. The van der Waals surface area contributed by atoms with Crippen LogP contribution in [0.4, 0.5) is 0 Å². The Morgan fingerprint density at radius 1 is 1.00 bits per heavy atom. The maximum atomic E-state index is 6.37. The second-order valence-electron chi connectivity index (χ2n) is 8.83. The van der Waals surface area contributed by atoms with Gasteiger partial charge in [0.2, 0.25) is 0 Å². The van der Waals surface area contributed by atoms with Crippen LogP contribution < -0.4 is 10.1 Å². The lowest BCUT2D eigenvalue weighted by Crippen LogP contribution is -2.28. The van der Waals surface area contributed by atoms with Gasteiger partial charge in [0, 0.05) is 23.6 Å². The van der Waals surface area contributed by atoms with Crippen molar-refractivity contribution in [1.82, 2.24) is 10.3 Å². The highest BCUT2D eigenvalue weighted by molar-refractivity contribution is 5.77. The quantitative estimate of drug-likeness (QED) is 0.613. The van der Waals surface area contributed by atoms with E-state index < -0.39 is 0 Å². The van der Waals surface area contributed by atoms with E-state index in [1.165, 1.54) is 5.56 Å². The number of aromatic nitrogens is 1. The highest BCUT2D eigenvalue weighted by atomic mass is 16.5. The molecule has 0 amide bonds. The summed E-state index contributed by atoms with van der Waals surface area (Å²) in [6.45, 7) is 8.69. The average Bonchev–Trinajstić information content (AvgIpc) is 3.19. The molecule has 0 spiro atoms.